The van der Waals surface area contributed by atoms with Gasteiger partial charge in [-0.25, -0.2) is 0 Å². The normalized spacial score (nSPS) is 12.1. The molecule has 0 saturated carbocycles. The van der Waals surface area contributed by atoms with E-state index in [1.165, 1.54) is 6.26 Å². The Labute approximate surface area is 139 Å². The predicted molar refractivity (Wildman–Crippen MR) is 89.0 cm³/mol. The van der Waals surface area contributed by atoms with Crippen LogP contribution in [0.1, 0.15) is 27.9 Å². The topological polar surface area (TPSA) is 84.6 Å². The van der Waals surface area contributed by atoms with Crippen LogP contribution in [0.4, 0.5) is 0 Å². The van der Waals surface area contributed by atoms with Crippen molar-refractivity contribution in [3.63, 3.8) is 0 Å². The molecule has 6 heteroatoms. The third-order valence-electron chi connectivity index (χ3n) is 3.72. The molecule has 0 fully saturated rings. The summed E-state index contributed by atoms with van der Waals surface area (Å²) in [6.07, 6.45) is 0.583. The number of hydrogen-bond acceptors (Lipinski definition) is 5. The number of aliphatic hydroxyl groups excluding tert-OH is 1. The number of furan rings is 1. The van der Waals surface area contributed by atoms with Crippen LogP contribution in [0.15, 0.2) is 47.1 Å². The third kappa shape index (κ3) is 3.23. The molecule has 124 valence electrons. The molecule has 2 N–H and O–H groups in total. The van der Waals surface area contributed by atoms with E-state index in [-0.39, 0.29) is 12.5 Å². The van der Waals surface area contributed by atoms with E-state index < -0.39 is 6.10 Å². The summed E-state index contributed by atoms with van der Waals surface area (Å²) in [4.78, 5) is 17.0. The lowest BCUT2D eigenvalue weighted by molar-refractivity contribution is 0.0902. The van der Waals surface area contributed by atoms with Gasteiger partial charge in [-0.1, -0.05) is 0 Å². The second kappa shape index (κ2) is 6.72. The Balaban J connectivity index is 1.86. The Bertz CT molecular complexity index is 859. The summed E-state index contributed by atoms with van der Waals surface area (Å²) in [5.74, 6) is 0.773. The SMILES string of the molecule is COc1ccc2nc(C)cc(C(=O)NC[C@H](O)c3ccco3)c2c1. The zero-order valence-electron chi connectivity index (χ0n) is 13.4. The number of aromatic nitrogens is 1. The molecule has 0 aliphatic carbocycles. The molecule has 0 spiro atoms. The first-order chi connectivity index (χ1) is 11.6. The van der Waals surface area contributed by atoms with Gasteiger partial charge in [-0.05, 0) is 43.3 Å². The van der Waals surface area contributed by atoms with E-state index in [1.807, 2.05) is 13.0 Å². The fourth-order valence-electron chi connectivity index (χ4n) is 2.52. The van der Waals surface area contributed by atoms with Crippen LogP contribution in [0, 0.1) is 6.92 Å². The number of rotatable bonds is 5. The molecule has 0 bridgehead atoms. The quantitative estimate of drug-likeness (QED) is 0.753. The molecule has 6 nitrogen and oxygen atoms in total. The fourth-order valence-corrected chi connectivity index (χ4v) is 2.52. The minimum atomic E-state index is -0.896. The summed E-state index contributed by atoms with van der Waals surface area (Å²) in [6.45, 7) is 1.89. The van der Waals surface area contributed by atoms with Gasteiger partial charge in [0.25, 0.3) is 5.91 Å². The molecular formula is C18H18N2O4. The average molecular weight is 326 g/mol. The first kappa shape index (κ1) is 16.0. The van der Waals surface area contributed by atoms with Gasteiger partial charge in [-0.15, -0.1) is 0 Å². The van der Waals surface area contributed by atoms with Crippen LogP contribution in [0.5, 0.6) is 5.75 Å². The molecule has 0 aliphatic rings. The van der Waals surface area contributed by atoms with Crippen molar-refractivity contribution in [3.8, 4) is 5.75 Å². The van der Waals surface area contributed by atoms with Crippen molar-refractivity contribution in [3.05, 3.63) is 59.7 Å². The first-order valence-corrected chi connectivity index (χ1v) is 7.53. The molecule has 2 aromatic heterocycles. The second-order valence-corrected chi connectivity index (χ2v) is 5.44. The van der Waals surface area contributed by atoms with E-state index in [4.69, 9.17) is 9.15 Å². The molecule has 3 aromatic rings. The number of hydrogen-bond donors (Lipinski definition) is 2. The highest BCUT2D eigenvalue weighted by Gasteiger charge is 2.16. The van der Waals surface area contributed by atoms with E-state index >= 15 is 0 Å². The molecule has 1 atom stereocenters. The monoisotopic (exact) mass is 326 g/mol. The standard InChI is InChI=1S/C18H18N2O4/c1-11-8-14(13-9-12(23-2)5-6-15(13)20-11)18(22)19-10-16(21)17-4-3-7-24-17/h3-9,16,21H,10H2,1-2H3,(H,19,22)/t16-/m0/s1. The zero-order chi connectivity index (χ0) is 17.1. The van der Waals surface area contributed by atoms with Crippen molar-refractivity contribution >= 4 is 16.8 Å². The molecule has 2 heterocycles. The Hall–Kier alpha value is -2.86. The van der Waals surface area contributed by atoms with Crippen LogP contribution in [0.25, 0.3) is 10.9 Å². The highest BCUT2D eigenvalue weighted by atomic mass is 16.5. The summed E-state index contributed by atoms with van der Waals surface area (Å²) in [5.41, 5.74) is 1.94. The number of nitrogens with zero attached hydrogens (tertiary/aromatic N) is 1. The third-order valence-corrected chi connectivity index (χ3v) is 3.72. The van der Waals surface area contributed by atoms with Crippen LogP contribution in [-0.4, -0.2) is 29.7 Å². The predicted octanol–water partition coefficient (Wildman–Crippen LogP) is 2.61. The zero-order valence-corrected chi connectivity index (χ0v) is 13.4. The lowest BCUT2D eigenvalue weighted by Crippen LogP contribution is -2.28. The maximum atomic E-state index is 12.6. The van der Waals surface area contributed by atoms with Gasteiger partial charge in [0.15, 0.2) is 0 Å². The van der Waals surface area contributed by atoms with E-state index in [1.54, 1.807) is 37.4 Å². The molecule has 1 aromatic carbocycles. The maximum absolute atomic E-state index is 12.6. The van der Waals surface area contributed by atoms with Crippen molar-refractivity contribution in [2.24, 2.45) is 0 Å². The molecule has 0 aliphatic heterocycles. The van der Waals surface area contributed by atoms with Crippen LogP contribution >= 0.6 is 0 Å². The van der Waals surface area contributed by atoms with Gasteiger partial charge in [0.2, 0.25) is 0 Å². The molecule has 24 heavy (non-hydrogen) atoms. The van der Waals surface area contributed by atoms with E-state index in [0.29, 0.717) is 28.0 Å². The molecule has 0 saturated heterocycles. The lowest BCUT2D eigenvalue weighted by Gasteiger charge is -2.12. The van der Waals surface area contributed by atoms with Crippen molar-refractivity contribution in [1.82, 2.24) is 10.3 Å². The van der Waals surface area contributed by atoms with E-state index in [9.17, 15) is 9.90 Å². The number of carbonyl (C=O) groups is 1. The Morgan fingerprint density at radius 2 is 2.21 bits per heavy atom. The molecule has 0 unspecified atom stereocenters. The molecule has 3 rings (SSSR count). The molecular weight excluding hydrogens is 308 g/mol. The number of aliphatic hydroxyl groups is 1. The highest BCUT2D eigenvalue weighted by molar-refractivity contribution is 6.06. The van der Waals surface area contributed by atoms with Gasteiger partial charge in [0.05, 0.1) is 31.0 Å². The smallest absolute Gasteiger partial charge is 0.252 e. The van der Waals surface area contributed by atoms with Crippen LogP contribution in [0.3, 0.4) is 0 Å². The molecule has 0 radical (unpaired) electrons. The van der Waals surface area contributed by atoms with Crippen molar-refractivity contribution in [1.29, 1.82) is 0 Å². The number of carbonyl (C=O) groups excluding carboxylic acids is 1. The van der Waals surface area contributed by atoms with Gasteiger partial charge < -0.3 is 19.6 Å². The van der Waals surface area contributed by atoms with Crippen LogP contribution in [0.2, 0.25) is 0 Å². The van der Waals surface area contributed by atoms with Gasteiger partial charge >= 0.3 is 0 Å². The van der Waals surface area contributed by atoms with Crippen molar-refractivity contribution in [2.45, 2.75) is 13.0 Å². The Kier molecular flexibility index (Phi) is 4.48. The summed E-state index contributed by atoms with van der Waals surface area (Å²) in [7, 11) is 1.57. The second-order valence-electron chi connectivity index (χ2n) is 5.44. The number of pyridine rings is 1. The van der Waals surface area contributed by atoms with Gasteiger partial charge in [-0.2, -0.15) is 0 Å². The van der Waals surface area contributed by atoms with Crippen molar-refractivity contribution < 1.29 is 19.1 Å². The van der Waals surface area contributed by atoms with E-state index in [0.717, 1.165) is 5.69 Å². The number of fused-ring (bicyclic) bond motifs is 1. The van der Waals surface area contributed by atoms with Crippen LogP contribution < -0.4 is 10.1 Å². The van der Waals surface area contributed by atoms with Crippen molar-refractivity contribution in [2.75, 3.05) is 13.7 Å². The van der Waals surface area contributed by atoms with Gasteiger partial charge in [0, 0.05) is 11.1 Å². The first-order valence-electron chi connectivity index (χ1n) is 7.53. The average Bonchev–Trinajstić information content (AvgIpc) is 3.13. The van der Waals surface area contributed by atoms with E-state index in [2.05, 4.69) is 10.3 Å². The minimum absolute atomic E-state index is 0.0547. The summed E-state index contributed by atoms with van der Waals surface area (Å²) >= 11 is 0. The Morgan fingerprint density at radius 1 is 1.38 bits per heavy atom. The number of aryl methyl sites for hydroxylation is 1. The lowest BCUT2D eigenvalue weighted by atomic mass is 10.1. The molecule has 1 amide bonds. The van der Waals surface area contributed by atoms with Crippen LogP contribution in [-0.2, 0) is 0 Å². The summed E-state index contributed by atoms with van der Waals surface area (Å²) < 4.78 is 10.3. The fraction of sp³-hybridized carbons (Fsp3) is 0.222. The number of methoxy groups -OCH3 is 1. The maximum Gasteiger partial charge on any atom is 0.252 e. The number of ether oxygens (including phenoxy) is 1. The number of benzene rings is 1. The van der Waals surface area contributed by atoms with Gasteiger partial charge in [-0.3, -0.25) is 9.78 Å². The minimum Gasteiger partial charge on any atom is -0.497 e. The largest absolute Gasteiger partial charge is 0.497 e. The Morgan fingerprint density at radius 3 is 2.92 bits per heavy atom. The van der Waals surface area contributed by atoms with Gasteiger partial charge in [0.1, 0.15) is 17.6 Å². The number of nitrogens with one attached hydrogen (secondary N) is 1. The summed E-state index contributed by atoms with van der Waals surface area (Å²) in [6, 6.07) is 10.5. The summed E-state index contributed by atoms with van der Waals surface area (Å²) in [5, 5.41) is 13.4. The number of amides is 1. The highest BCUT2D eigenvalue weighted by Crippen LogP contribution is 2.24.